The highest BCUT2D eigenvalue weighted by atomic mass is 35.5. The Labute approximate surface area is 118 Å². The molecule has 1 aliphatic heterocycles. The molecule has 0 saturated carbocycles. The lowest BCUT2D eigenvalue weighted by atomic mass is 10.1. The Morgan fingerprint density at radius 2 is 2.42 bits per heavy atom. The zero-order valence-electron chi connectivity index (χ0n) is 11.2. The number of carbonyl (C=O) groups is 1. The first-order valence-corrected chi connectivity index (χ1v) is 6.78. The van der Waals surface area contributed by atoms with Crippen molar-refractivity contribution in [2.24, 2.45) is 5.92 Å². The molecule has 1 aliphatic rings. The fraction of sp³-hybridized carbons (Fsp3) is 0.538. The predicted molar refractivity (Wildman–Crippen MR) is 76.7 cm³/mol. The Kier molecular flexibility index (Phi) is 4.61. The van der Waals surface area contributed by atoms with Crippen molar-refractivity contribution in [1.82, 2.24) is 15.2 Å². The zero-order valence-corrected chi connectivity index (χ0v) is 12.0. The minimum absolute atomic E-state index is 0.119. The fourth-order valence-electron chi connectivity index (χ4n) is 2.28. The molecule has 2 N–H and O–H groups in total. The van der Waals surface area contributed by atoms with Crippen LogP contribution in [0.1, 0.15) is 16.8 Å². The molecule has 1 aromatic heterocycles. The SMILES string of the molecule is CNc1ncc(C(=O)NCC2CCN(C)C2)cc1Cl. The lowest BCUT2D eigenvalue weighted by Gasteiger charge is -2.12. The van der Waals surface area contributed by atoms with E-state index in [1.165, 1.54) is 6.20 Å². The van der Waals surface area contributed by atoms with Crippen molar-refractivity contribution in [3.8, 4) is 0 Å². The number of amides is 1. The molecule has 0 aromatic carbocycles. The van der Waals surface area contributed by atoms with E-state index < -0.39 is 0 Å². The van der Waals surface area contributed by atoms with E-state index in [1.54, 1.807) is 13.1 Å². The zero-order chi connectivity index (χ0) is 13.8. The summed E-state index contributed by atoms with van der Waals surface area (Å²) in [5, 5.41) is 6.26. The molecule has 19 heavy (non-hydrogen) atoms. The largest absolute Gasteiger partial charge is 0.372 e. The van der Waals surface area contributed by atoms with Crippen LogP contribution >= 0.6 is 11.6 Å². The van der Waals surface area contributed by atoms with Gasteiger partial charge in [0.25, 0.3) is 5.91 Å². The van der Waals surface area contributed by atoms with Crippen molar-refractivity contribution >= 4 is 23.3 Å². The molecule has 1 unspecified atom stereocenters. The molecule has 1 aromatic rings. The number of pyridine rings is 1. The minimum atomic E-state index is -0.119. The van der Waals surface area contributed by atoms with E-state index in [2.05, 4.69) is 27.6 Å². The van der Waals surface area contributed by atoms with Crippen LogP contribution in [0.2, 0.25) is 5.02 Å². The minimum Gasteiger partial charge on any atom is -0.372 e. The third-order valence-corrected chi connectivity index (χ3v) is 3.67. The fourth-order valence-corrected chi connectivity index (χ4v) is 2.54. The number of anilines is 1. The van der Waals surface area contributed by atoms with E-state index in [0.717, 1.165) is 19.5 Å². The smallest absolute Gasteiger partial charge is 0.252 e. The Morgan fingerprint density at radius 3 is 3.00 bits per heavy atom. The predicted octanol–water partition coefficient (Wildman–Crippen LogP) is 1.46. The summed E-state index contributed by atoms with van der Waals surface area (Å²) in [7, 11) is 3.84. The maximum atomic E-state index is 12.0. The summed E-state index contributed by atoms with van der Waals surface area (Å²) in [5.74, 6) is 0.996. The molecule has 1 atom stereocenters. The molecular weight excluding hydrogens is 264 g/mol. The summed E-state index contributed by atoms with van der Waals surface area (Å²) < 4.78 is 0. The summed E-state index contributed by atoms with van der Waals surface area (Å²) in [6.07, 6.45) is 2.67. The number of carbonyl (C=O) groups excluding carboxylic acids is 1. The highest BCUT2D eigenvalue weighted by Crippen LogP contribution is 2.19. The van der Waals surface area contributed by atoms with Gasteiger partial charge in [0, 0.05) is 26.3 Å². The van der Waals surface area contributed by atoms with Gasteiger partial charge in [-0.3, -0.25) is 4.79 Å². The van der Waals surface area contributed by atoms with Gasteiger partial charge in [0.15, 0.2) is 0 Å². The molecule has 0 aliphatic carbocycles. The van der Waals surface area contributed by atoms with Gasteiger partial charge in [-0.1, -0.05) is 11.6 Å². The first-order chi connectivity index (χ1) is 9.10. The summed E-state index contributed by atoms with van der Waals surface area (Å²) in [6.45, 7) is 2.84. The number of aromatic nitrogens is 1. The Balaban J connectivity index is 1.91. The van der Waals surface area contributed by atoms with Crippen molar-refractivity contribution in [1.29, 1.82) is 0 Å². The molecule has 1 amide bonds. The quantitative estimate of drug-likeness (QED) is 0.878. The summed E-state index contributed by atoms with van der Waals surface area (Å²) >= 11 is 6.01. The van der Waals surface area contributed by atoms with Crippen molar-refractivity contribution in [2.75, 3.05) is 39.0 Å². The van der Waals surface area contributed by atoms with E-state index in [-0.39, 0.29) is 5.91 Å². The number of nitrogens with zero attached hydrogens (tertiary/aromatic N) is 2. The Morgan fingerprint density at radius 1 is 1.63 bits per heavy atom. The first kappa shape index (κ1) is 14.1. The van der Waals surface area contributed by atoms with Gasteiger partial charge < -0.3 is 15.5 Å². The topological polar surface area (TPSA) is 57.3 Å². The van der Waals surface area contributed by atoms with Crippen LogP contribution in [0, 0.1) is 5.92 Å². The standard InChI is InChI=1S/C13H19ClN4O/c1-15-12-11(14)5-10(7-16-12)13(19)17-6-9-3-4-18(2)8-9/h5,7,9H,3-4,6,8H2,1-2H3,(H,15,16)(H,17,19). The van der Waals surface area contributed by atoms with Crippen LogP contribution in [0.5, 0.6) is 0 Å². The lowest BCUT2D eigenvalue weighted by molar-refractivity contribution is 0.0947. The van der Waals surface area contributed by atoms with Gasteiger partial charge in [0.2, 0.25) is 0 Å². The summed E-state index contributed by atoms with van der Waals surface area (Å²) in [6, 6.07) is 1.64. The van der Waals surface area contributed by atoms with Crippen molar-refractivity contribution < 1.29 is 4.79 Å². The molecule has 5 nitrogen and oxygen atoms in total. The number of hydrogen-bond acceptors (Lipinski definition) is 4. The van der Waals surface area contributed by atoms with Crippen molar-refractivity contribution in [3.63, 3.8) is 0 Å². The number of likely N-dealkylation sites (tertiary alicyclic amines) is 1. The molecule has 0 radical (unpaired) electrons. The molecule has 6 heteroatoms. The number of halogens is 1. The second-order valence-electron chi connectivity index (χ2n) is 4.93. The van der Waals surface area contributed by atoms with Crippen molar-refractivity contribution in [3.05, 3.63) is 22.8 Å². The molecule has 0 bridgehead atoms. The summed E-state index contributed by atoms with van der Waals surface area (Å²) in [4.78, 5) is 18.4. The van der Waals surface area contributed by atoms with E-state index in [0.29, 0.717) is 28.9 Å². The monoisotopic (exact) mass is 282 g/mol. The van der Waals surface area contributed by atoms with Crippen LogP contribution in [0.15, 0.2) is 12.3 Å². The number of nitrogens with one attached hydrogen (secondary N) is 2. The molecule has 2 heterocycles. The van der Waals surface area contributed by atoms with E-state index in [1.807, 2.05) is 0 Å². The average molecular weight is 283 g/mol. The molecule has 2 rings (SSSR count). The van der Waals surface area contributed by atoms with E-state index >= 15 is 0 Å². The average Bonchev–Trinajstić information content (AvgIpc) is 2.81. The molecule has 1 saturated heterocycles. The Bertz CT molecular complexity index is 466. The molecule has 0 spiro atoms. The number of hydrogen-bond donors (Lipinski definition) is 2. The maximum Gasteiger partial charge on any atom is 0.252 e. The molecule has 104 valence electrons. The van der Waals surface area contributed by atoms with Gasteiger partial charge in [-0.2, -0.15) is 0 Å². The van der Waals surface area contributed by atoms with Crippen LogP contribution < -0.4 is 10.6 Å². The van der Waals surface area contributed by atoms with Gasteiger partial charge in [-0.05, 0) is 32.0 Å². The normalized spacial score (nSPS) is 19.4. The van der Waals surface area contributed by atoms with Crippen molar-refractivity contribution in [2.45, 2.75) is 6.42 Å². The van der Waals surface area contributed by atoms with Gasteiger partial charge in [-0.15, -0.1) is 0 Å². The third kappa shape index (κ3) is 3.58. The maximum absolute atomic E-state index is 12.0. The van der Waals surface area contributed by atoms with Crippen LogP contribution in [-0.2, 0) is 0 Å². The van der Waals surface area contributed by atoms with E-state index in [9.17, 15) is 4.79 Å². The third-order valence-electron chi connectivity index (χ3n) is 3.38. The van der Waals surface area contributed by atoms with Gasteiger partial charge >= 0.3 is 0 Å². The summed E-state index contributed by atoms with van der Waals surface area (Å²) in [5.41, 5.74) is 0.496. The second kappa shape index (κ2) is 6.21. The molecular formula is C13H19ClN4O. The van der Waals surface area contributed by atoms with E-state index in [4.69, 9.17) is 11.6 Å². The molecule has 1 fully saturated rings. The second-order valence-corrected chi connectivity index (χ2v) is 5.34. The highest BCUT2D eigenvalue weighted by molar-refractivity contribution is 6.33. The van der Waals surface area contributed by atoms with Gasteiger partial charge in [0.1, 0.15) is 5.82 Å². The Hall–Kier alpha value is -1.33. The van der Waals surface area contributed by atoms with Crippen LogP contribution in [0.25, 0.3) is 0 Å². The van der Waals surface area contributed by atoms with Crippen LogP contribution in [0.3, 0.4) is 0 Å². The van der Waals surface area contributed by atoms with Crippen LogP contribution in [0.4, 0.5) is 5.82 Å². The lowest BCUT2D eigenvalue weighted by Crippen LogP contribution is -2.30. The first-order valence-electron chi connectivity index (χ1n) is 6.40. The highest BCUT2D eigenvalue weighted by Gasteiger charge is 2.20. The van der Waals surface area contributed by atoms with Gasteiger partial charge in [0.05, 0.1) is 10.6 Å². The van der Waals surface area contributed by atoms with Crippen LogP contribution in [-0.4, -0.2) is 49.5 Å². The van der Waals surface area contributed by atoms with Gasteiger partial charge in [-0.25, -0.2) is 4.98 Å². The number of rotatable bonds is 4.